The fourth-order valence-electron chi connectivity index (χ4n) is 1.49. The molecule has 3 rings (SSSR count). The third-order valence-corrected chi connectivity index (χ3v) is 2.38. The van der Waals surface area contributed by atoms with Crippen LogP contribution >= 0.6 is 0 Å². The first kappa shape index (κ1) is 7.82. The molecule has 0 unspecified atom stereocenters. The standard InChI is InChI=1S/C10H10N2O2/c1-2-7-4-12-14-10(7)9(3-1)13-8-5-11-6-8/h1-4,8,11H,5-6H2. The molecule has 4 nitrogen and oxygen atoms in total. The molecule has 1 aromatic heterocycles. The van der Waals surface area contributed by atoms with Crippen molar-refractivity contribution in [3.05, 3.63) is 24.4 Å². The molecule has 1 saturated heterocycles. The lowest BCUT2D eigenvalue weighted by atomic mass is 10.2. The van der Waals surface area contributed by atoms with E-state index in [-0.39, 0.29) is 6.10 Å². The van der Waals surface area contributed by atoms with Crippen LogP contribution in [0.15, 0.2) is 28.9 Å². The molecule has 1 N–H and O–H groups in total. The van der Waals surface area contributed by atoms with Gasteiger partial charge in [-0.1, -0.05) is 11.2 Å². The molecule has 14 heavy (non-hydrogen) atoms. The van der Waals surface area contributed by atoms with Gasteiger partial charge >= 0.3 is 0 Å². The van der Waals surface area contributed by atoms with E-state index in [4.69, 9.17) is 9.26 Å². The fraction of sp³-hybridized carbons (Fsp3) is 0.300. The number of ether oxygens (including phenoxy) is 1. The Morgan fingerprint density at radius 3 is 3.14 bits per heavy atom. The van der Waals surface area contributed by atoms with Crippen LogP contribution < -0.4 is 10.1 Å². The summed E-state index contributed by atoms with van der Waals surface area (Å²) in [5.74, 6) is 0.784. The Kier molecular flexibility index (Phi) is 1.67. The number of benzene rings is 1. The quantitative estimate of drug-likeness (QED) is 0.772. The Labute approximate surface area is 80.8 Å². The minimum absolute atomic E-state index is 0.269. The number of hydrogen-bond acceptors (Lipinski definition) is 4. The average Bonchev–Trinajstić information content (AvgIpc) is 2.59. The molecular weight excluding hydrogens is 180 g/mol. The van der Waals surface area contributed by atoms with Crippen molar-refractivity contribution in [2.24, 2.45) is 0 Å². The van der Waals surface area contributed by atoms with Crippen molar-refractivity contribution in [2.45, 2.75) is 6.10 Å². The van der Waals surface area contributed by atoms with Crippen LogP contribution in [0, 0.1) is 0 Å². The van der Waals surface area contributed by atoms with Gasteiger partial charge in [-0.05, 0) is 12.1 Å². The van der Waals surface area contributed by atoms with Crippen LogP contribution in [-0.2, 0) is 0 Å². The minimum Gasteiger partial charge on any atom is -0.484 e. The van der Waals surface area contributed by atoms with Gasteiger partial charge in [0.25, 0.3) is 0 Å². The van der Waals surface area contributed by atoms with E-state index in [1.165, 1.54) is 0 Å². The lowest BCUT2D eigenvalue weighted by Gasteiger charge is -2.27. The maximum atomic E-state index is 5.73. The molecule has 2 heterocycles. The molecule has 0 bridgehead atoms. The number of para-hydroxylation sites is 1. The molecule has 1 fully saturated rings. The van der Waals surface area contributed by atoms with Crippen LogP contribution in [0.2, 0.25) is 0 Å². The van der Waals surface area contributed by atoms with Crippen molar-refractivity contribution in [3.63, 3.8) is 0 Å². The lowest BCUT2D eigenvalue weighted by Crippen LogP contribution is -2.50. The molecule has 1 aromatic carbocycles. The van der Waals surface area contributed by atoms with Crippen LogP contribution in [0.1, 0.15) is 0 Å². The summed E-state index contributed by atoms with van der Waals surface area (Å²) in [5, 5.41) is 7.88. The largest absolute Gasteiger partial charge is 0.484 e. The number of nitrogens with one attached hydrogen (secondary N) is 1. The van der Waals surface area contributed by atoms with E-state index in [0.717, 1.165) is 29.8 Å². The smallest absolute Gasteiger partial charge is 0.208 e. The van der Waals surface area contributed by atoms with Gasteiger partial charge in [0.2, 0.25) is 5.58 Å². The highest BCUT2D eigenvalue weighted by Gasteiger charge is 2.19. The normalized spacial score (nSPS) is 16.9. The first-order chi connectivity index (χ1) is 6.93. The van der Waals surface area contributed by atoms with Gasteiger partial charge < -0.3 is 14.6 Å². The first-order valence-corrected chi connectivity index (χ1v) is 4.64. The summed E-state index contributed by atoms with van der Waals surface area (Å²) in [7, 11) is 0. The summed E-state index contributed by atoms with van der Waals surface area (Å²) < 4.78 is 10.8. The number of fused-ring (bicyclic) bond motifs is 1. The van der Waals surface area contributed by atoms with Gasteiger partial charge in [-0.15, -0.1) is 0 Å². The molecule has 1 aliphatic heterocycles. The van der Waals surface area contributed by atoms with Gasteiger partial charge in [-0.2, -0.15) is 0 Å². The minimum atomic E-state index is 0.269. The van der Waals surface area contributed by atoms with Crippen LogP contribution in [0.25, 0.3) is 11.0 Å². The van der Waals surface area contributed by atoms with Gasteiger partial charge in [0.05, 0.1) is 6.20 Å². The topological polar surface area (TPSA) is 47.3 Å². The number of rotatable bonds is 2. The maximum Gasteiger partial charge on any atom is 0.208 e. The highest BCUT2D eigenvalue weighted by Crippen LogP contribution is 2.26. The lowest BCUT2D eigenvalue weighted by molar-refractivity contribution is 0.142. The molecule has 0 spiro atoms. The monoisotopic (exact) mass is 190 g/mol. The predicted molar refractivity (Wildman–Crippen MR) is 51.3 cm³/mol. The van der Waals surface area contributed by atoms with Crippen molar-refractivity contribution in [1.82, 2.24) is 10.5 Å². The van der Waals surface area contributed by atoms with E-state index in [0.29, 0.717) is 0 Å². The van der Waals surface area contributed by atoms with Gasteiger partial charge in [-0.25, -0.2) is 0 Å². The Morgan fingerprint density at radius 1 is 1.43 bits per heavy atom. The summed E-state index contributed by atoms with van der Waals surface area (Å²) in [6, 6.07) is 5.81. The molecule has 72 valence electrons. The molecule has 0 amide bonds. The van der Waals surface area contributed by atoms with Crippen molar-refractivity contribution >= 4 is 11.0 Å². The third-order valence-electron chi connectivity index (χ3n) is 2.38. The molecule has 0 atom stereocenters. The van der Waals surface area contributed by atoms with E-state index in [2.05, 4.69) is 10.5 Å². The second kappa shape index (κ2) is 2.99. The molecular formula is C10H10N2O2. The zero-order valence-corrected chi connectivity index (χ0v) is 7.56. The summed E-state index contributed by atoms with van der Waals surface area (Å²) >= 11 is 0. The van der Waals surface area contributed by atoms with E-state index in [1.807, 2.05) is 18.2 Å². The Hall–Kier alpha value is -1.55. The molecule has 0 saturated carbocycles. The molecule has 0 radical (unpaired) electrons. The molecule has 2 aromatic rings. The highest BCUT2D eigenvalue weighted by atomic mass is 16.5. The summed E-state index contributed by atoms with van der Waals surface area (Å²) in [4.78, 5) is 0. The SMILES string of the molecule is c1cc(OC2CNC2)c2oncc2c1. The third kappa shape index (κ3) is 1.15. The van der Waals surface area contributed by atoms with Gasteiger partial charge in [-0.3, -0.25) is 0 Å². The van der Waals surface area contributed by atoms with Crippen LogP contribution in [0.5, 0.6) is 5.75 Å². The van der Waals surface area contributed by atoms with Gasteiger partial charge in [0.1, 0.15) is 6.10 Å². The Balaban J connectivity index is 1.97. The van der Waals surface area contributed by atoms with E-state index in [1.54, 1.807) is 6.20 Å². The molecule has 0 aliphatic carbocycles. The van der Waals surface area contributed by atoms with E-state index >= 15 is 0 Å². The summed E-state index contributed by atoms with van der Waals surface area (Å²) in [6.45, 7) is 1.81. The maximum absolute atomic E-state index is 5.73. The van der Waals surface area contributed by atoms with Crippen LogP contribution in [-0.4, -0.2) is 24.4 Å². The number of aromatic nitrogens is 1. The van der Waals surface area contributed by atoms with Gasteiger partial charge in [0, 0.05) is 18.5 Å². The molecule has 4 heteroatoms. The number of nitrogens with zero attached hydrogens (tertiary/aromatic N) is 1. The van der Waals surface area contributed by atoms with Crippen molar-refractivity contribution in [3.8, 4) is 5.75 Å². The number of hydrogen-bond donors (Lipinski definition) is 1. The fourth-order valence-corrected chi connectivity index (χ4v) is 1.49. The predicted octanol–water partition coefficient (Wildman–Crippen LogP) is 1.18. The van der Waals surface area contributed by atoms with E-state index in [9.17, 15) is 0 Å². The zero-order chi connectivity index (χ0) is 9.38. The average molecular weight is 190 g/mol. The van der Waals surface area contributed by atoms with Gasteiger partial charge in [0.15, 0.2) is 5.75 Å². The highest BCUT2D eigenvalue weighted by molar-refractivity contribution is 5.81. The second-order valence-corrected chi connectivity index (χ2v) is 3.40. The Morgan fingerprint density at radius 2 is 2.36 bits per heavy atom. The van der Waals surface area contributed by atoms with Crippen LogP contribution in [0.3, 0.4) is 0 Å². The van der Waals surface area contributed by atoms with Crippen molar-refractivity contribution in [2.75, 3.05) is 13.1 Å². The van der Waals surface area contributed by atoms with Crippen molar-refractivity contribution in [1.29, 1.82) is 0 Å². The van der Waals surface area contributed by atoms with Crippen LogP contribution in [0.4, 0.5) is 0 Å². The molecule has 1 aliphatic rings. The first-order valence-electron chi connectivity index (χ1n) is 4.64. The van der Waals surface area contributed by atoms with Crippen molar-refractivity contribution < 1.29 is 9.26 Å². The van der Waals surface area contributed by atoms with E-state index < -0.39 is 0 Å². The second-order valence-electron chi connectivity index (χ2n) is 3.40. The summed E-state index contributed by atoms with van der Waals surface area (Å²) in [5.41, 5.74) is 0.736. The zero-order valence-electron chi connectivity index (χ0n) is 7.56. The Bertz CT molecular complexity index is 448. The summed E-state index contributed by atoms with van der Waals surface area (Å²) in [6.07, 6.45) is 1.96.